The van der Waals surface area contributed by atoms with Crippen LogP contribution in [0.1, 0.15) is 18.4 Å². The predicted molar refractivity (Wildman–Crippen MR) is 109 cm³/mol. The van der Waals surface area contributed by atoms with Crippen LogP contribution in [-0.2, 0) is 21.9 Å². The van der Waals surface area contributed by atoms with Crippen molar-refractivity contribution in [3.63, 3.8) is 0 Å². The third kappa shape index (κ3) is 3.32. The zero-order valence-electron chi connectivity index (χ0n) is 15.7. The van der Waals surface area contributed by atoms with E-state index in [1.807, 2.05) is 42.8 Å². The molecule has 1 aliphatic rings. The Hall–Kier alpha value is -2.29. The Bertz CT molecular complexity index is 1210. The topological polar surface area (TPSA) is 71.7 Å². The number of fused-ring (bicyclic) bond motifs is 1. The third-order valence-electron chi connectivity index (χ3n) is 5.04. The molecular formula is C20H21N3O3S2. The van der Waals surface area contributed by atoms with Gasteiger partial charge in [-0.1, -0.05) is 41.2 Å². The first-order valence-corrected chi connectivity index (χ1v) is 11.4. The molecule has 6 nitrogen and oxygen atoms in total. The highest BCUT2D eigenvalue weighted by molar-refractivity contribution is 7.89. The summed E-state index contributed by atoms with van der Waals surface area (Å²) in [5, 5.41) is 0. The highest BCUT2D eigenvalue weighted by atomic mass is 32.2. The number of hydrogen-bond acceptors (Lipinski definition) is 4. The van der Waals surface area contributed by atoms with Crippen LogP contribution in [0.25, 0.3) is 10.2 Å². The lowest BCUT2D eigenvalue weighted by atomic mass is 10.2. The fourth-order valence-electron chi connectivity index (χ4n) is 3.48. The summed E-state index contributed by atoms with van der Waals surface area (Å²) in [6, 6.07) is 13.8. The summed E-state index contributed by atoms with van der Waals surface area (Å²) in [5.41, 5.74) is 1.98. The first-order chi connectivity index (χ1) is 13.4. The highest BCUT2D eigenvalue weighted by Gasteiger charge is 2.39. The molecule has 0 radical (unpaired) electrons. The summed E-state index contributed by atoms with van der Waals surface area (Å²) in [5.74, 6) is -0.407. The van der Waals surface area contributed by atoms with Crippen molar-refractivity contribution < 1.29 is 13.2 Å². The molecule has 2 heterocycles. The van der Waals surface area contributed by atoms with Crippen LogP contribution in [0.15, 0.2) is 58.4 Å². The third-order valence-corrected chi connectivity index (χ3v) is 8.07. The second-order valence-corrected chi connectivity index (χ2v) is 9.85. The van der Waals surface area contributed by atoms with Gasteiger partial charge in [0.2, 0.25) is 10.0 Å². The first kappa shape index (κ1) is 19.0. The van der Waals surface area contributed by atoms with E-state index in [0.717, 1.165) is 15.8 Å². The summed E-state index contributed by atoms with van der Waals surface area (Å²) in [6.07, 6.45) is 1.14. The van der Waals surface area contributed by atoms with E-state index in [1.54, 1.807) is 24.3 Å². The lowest BCUT2D eigenvalue weighted by Crippen LogP contribution is -2.40. The number of sulfonamides is 1. The van der Waals surface area contributed by atoms with Crippen LogP contribution in [0.5, 0.6) is 0 Å². The molecule has 0 aliphatic carbocycles. The minimum absolute atomic E-state index is 0.213. The van der Waals surface area contributed by atoms with Crippen molar-refractivity contribution in [2.24, 2.45) is 12.0 Å². The Balaban J connectivity index is 1.68. The Morgan fingerprint density at radius 2 is 1.86 bits per heavy atom. The number of thiazole rings is 1. The van der Waals surface area contributed by atoms with Crippen molar-refractivity contribution in [1.29, 1.82) is 0 Å². The van der Waals surface area contributed by atoms with Gasteiger partial charge < -0.3 is 4.57 Å². The summed E-state index contributed by atoms with van der Waals surface area (Å²) in [6.45, 7) is 2.24. The van der Waals surface area contributed by atoms with Gasteiger partial charge >= 0.3 is 0 Å². The maximum Gasteiger partial charge on any atom is 0.266 e. The predicted octanol–water partition coefficient (Wildman–Crippen LogP) is 2.83. The van der Waals surface area contributed by atoms with Gasteiger partial charge in [0.15, 0.2) is 4.80 Å². The average Bonchev–Trinajstić information content (AvgIpc) is 3.29. The van der Waals surface area contributed by atoms with Gasteiger partial charge in [-0.25, -0.2) is 8.42 Å². The fraction of sp³-hybridized carbons (Fsp3) is 0.300. The number of aromatic nitrogens is 1. The lowest BCUT2D eigenvalue weighted by molar-refractivity contribution is -0.121. The van der Waals surface area contributed by atoms with Gasteiger partial charge in [0, 0.05) is 13.6 Å². The molecule has 1 fully saturated rings. The van der Waals surface area contributed by atoms with E-state index in [9.17, 15) is 13.2 Å². The standard InChI is InChI=1S/C20H21N3O3S2/c1-14-9-11-15(12-10-14)28(25,26)23-13-5-7-17(23)19(24)21-20-22(2)16-6-3-4-8-18(16)27-20/h3-4,6,8-12,17H,5,7,13H2,1-2H3. The van der Waals surface area contributed by atoms with E-state index in [1.165, 1.54) is 15.6 Å². The summed E-state index contributed by atoms with van der Waals surface area (Å²) < 4.78 is 30.3. The molecule has 0 N–H and O–H groups in total. The monoisotopic (exact) mass is 415 g/mol. The molecule has 1 unspecified atom stereocenters. The molecule has 2 aromatic carbocycles. The van der Waals surface area contributed by atoms with Gasteiger partial charge in [-0.3, -0.25) is 4.79 Å². The second kappa shape index (κ2) is 7.27. The Kier molecular flexibility index (Phi) is 4.95. The quantitative estimate of drug-likeness (QED) is 0.660. The van der Waals surface area contributed by atoms with Gasteiger partial charge in [0.25, 0.3) is 5.91 Å². The van der Waals surface area contributed by atoms with E-state index >= 15 is 0 Å². The van der Waals surface area contributed by atoms with E-state index in [0.29, 0.717) is 24.2 Å². The van der Waals surface area contributed by atoms with E-state index in [2.05, 4.69) is 4.99 Å². The van der Waals surface area contributed by atoms with E-state index in [-0.39, 0.29) is 4.90 Å². The SMILES string of the molecule is Cc1ccc(S(=O)(=O)N2CCCC2C(=O)N=c2sc3ccccc3n2C)cc1. The lowest BCUT2D eigenvalue weighted by Gasteiger charge is -2.21. The highest BCUT2D eigenvalue weighted by Crippen LogP contribution is 2.27. The van der Waals surface area contributed by atoms with Crippen molar-refractivity contribution in [3.05, 3.63) is 58.9 Å². The second-order valence-electron chi connectivity index (χ2n) is 6.95. The molecule has 146 valence electrons. The normalized spacial score (nSPS) is 18.8. The molecule has 28 heavy (non-hydrogen) atoms. The van der Waals surface area contributed by atoms with Crippen molar-refractivity contribution in [2.45, 2.75) is 30.7 Å². The Morgan fingerprint density at radius 1 is 1.14 bits per heavy atom. The summed E-state index contributed by atoms with van der Waals surface area (Å²) in [4.78, 5) is 18.0. The average molecular weight is 416 g/mol. The van der Waals surface area contributed by atoms with Crippen LogP contribution in [0, 0.1) is 6.92 Å². The maximum absolute atomic E-state index is 13.1. The first-order valence-electron chi connectivity index (χ1n) is 9.09. The number of carbonyl (C=O) groups is 1. The molecule has 0 spiro atoms. The molecule has 1 atom stereocenters. The number of nitrogens with zero attached hydrogens (tertiary/aromatic N) is 3. The number of carbonyl (C=O) groups excluding carboxylic acids is 1. The number of aryl methyl sites for hydroxylation is 2. The fourth-order valence-corrected chi connectivity index (χ4v) is 6.15. The number of rotatable bonds is 3. The van der Waals surface area contributed by atoms with Crippen LogP contribution < -0.4 is 4.80 Å². The minimum atomic E-state index is -3.73. The number of amides is 1. The maximum atomic E-state index is 13.1. The molecular weight excluding hydrogens is 394 g/mol. The number of hydrogen-bond donors (Lipinski definition) is 0. The van der Waals surface area contributed by atoms with Crippen molar-refractivity contribution in [1.82, 2.24) is 8.87 Å². The van der Waals surface area contributed by atoms with Gasteiger partial charge in [-0.15, -0.1) is 0 Å². The van der Waals surface area contributed by atoms with Gasteiger partial charge in [0.05, 0.1) is 15.1 Å². The van der Waals surface area contributed by atoms with Gasteiger partial charge in [-0.05, 0) is 44.0 Å². The minimum Gasteiger partial charge on any atom is -0.319 e. The molecule has 0 saturated carbocycles. The Labute approximate surface area is 167 Å². The largest absolute Gasteiger partial charge is 0.319 e. The molecule has 1 amide bonds. The van der Waals surface area contributed by atoms with Crippen molar-refractivity contribution in [3.8, 4) is 0 Å². The molecule has 0 bridgehead atoms. The number of para-hydroxylation sites is 1. The molecule has 1 saturated heterocycles. The van der Waals surface area contributed by atoms with Crippen molar-refractivity contribution in [2.75, 3.05) is 6.54 Å². The molecule has 3 aromatic rings. The summed E-state index contributed by atoms with van der Waals surface area (Å²) in [7, 11) is -1.87. The van der Waals surface area contributed by atoms with Crippen LogP contribution in [0.2, 0.25) is 0 Å². The zero-order valence-corrected chi connectivity index (χ0v) is 17.3. The zero-order chi connectivity index (χ0) is 19.9. The van der Waals surface area contributed by atoms with Crippen LogP contribution in [0.4, 0.5) is 0 Å². The Morgan fingerprint density at radius 3 is 2.57 bits per heavy atom. The number of benzene rings is 2. The van der Waals surface area contributed by atoms with Gasteiger partial charge in [-0.2, -0.15) is 9.30 Å². The summed E-state index contributed by atoms with van der Waals surface area (Å²) >= 11 is 1.43. The molecule has 8 heteroatoms. The van der Waals surface area contributed by atoms with Crippen LogP contribution in [-0.4, -0.2) is 35.8 Å². The van der Waals surface area contributed by atoms with Gasteiger partial charge in [0.1, 0.15) is 6.04 Å². The smallest absolute Gasteiger partial charge is 0.266 e. The molecule has 1 aromatic heterocycles. The van der Waals surface area contributed by atoms with Crippen LogP contribution in [0.3, 0.4) is 0 Å². The van der Waals surface area contributed by atoms with E-state index in [4.69, 9.17) is 0 Å². The molecule has 4 rings (SSSR count). The van der Waals surface area contributed by atoms with Crippen molar-refractivity contribution >= 4 is 37.5 Å². The van der Waals surface area contributed by atoms with Crippen LogP contribution >= 0.6 is 11.3 Å². The van der Waals surface area contributed by atoms with E-state index < -0.39 is 22.0 Å². The molecule has 1 aliphatic heterocycles.